The second kappa shape index (κ2) is 38.6. The van der Waals surface area contributed by atoms with Gasteiger partial charge in [0.25, 0.3) is 10.1 Å². The average molecular weight is 889 g/mol. The molecule has 0 amide bonds. The van der Waals surface area contributed by atoms with E-state index in [1.165, 1.54) is 116 Å². The first-order valence-electron chi connectivity index (χ1n) is 24.4. The van der Waals surface area contributed by atoms with Crippen LogP contribution in [0, 0.1) is 0 Å². The molecule has 0 saturated carbocycles. The third-order valence-electron chi connectivity index (χ3n) is 11.3. The number of allylic oxidation sites excluding steroid dienone is 4. The summed E-state index contributed by atoms with van der Waals surface area (Å²) >= 11 is 0. The van der Waals surface area contributed by atoms with Crippen LogP contribution in [0.25, 0.3) is 0 Å². The number of carbonyl (C=O) groups excluding carboxylic acids is 2. The highest BCUT2D eigenvalue weighted by Gasteiger charge is 2.46. The molecule has 0 bridgehead atoms. The number of unbranched alkanes of at least 4 members (excludes halogenated alkanes) is 25. The predicted molar refractivity (Wildman–Crippen MR) is 243 cm³/mol. The maximum Gasteiger partial charge on any atom is 0.306 e. The zero-order valence-electron chi connectivity index (χ0n) is 38.3. The Labute approximate surface area is 370 Å². The van der Waals surface area contributed by atoms with Gasteiger partial charge in [-0.25, -0.2) is 0 Å². The summed E-state index contributed by atoms with van der Waals surface area (Å²) in [6.07, 6.45) is 33.5. The number of hydrogen-bond donors (Lipinski definition) is 4. The molecule has 358 valence electrons. The van der Waals surface area contributed by atoms with Gasteiger partial charge in [0.1, 0.15) is 36.8 Å². The van der Waals surface area contributed by atoms with Crippen LogP contribution in [0.2, 0.25) is 0 Å². The predicted octanol–water partition coefficient (Wildman–Crippen LogP) is 10.4. The van der Waals surface area contributed by atoms with Crippen LogP contribution in [0.4, 0.5) is 0 Å². The molecule has 0 aromatic heterocycles. The fourth-order valence-corrected chi connectivity index (χ4v) is 8.16. The van der Waals surface area contributed by atoms with Crippen molar-refractivity contribution >= 4 is 22.1 Å². The van der Waals surface area contributed by atoms with E-state index in [0.717, 1.165) is 57.8 Å². The molecule has 1 aliphatic heterocycles. The molecule has 1 fully saturated rings. The Kier molecular flexibility index (Phi) is 36.1. The molecule has 2 unspecified atom stereocenters. The summed E-state index contributed by atoms with van der Waals surface area (Å²) < 4.78 is 54.2. The summed E-state index contributed by atoms with van der Waals surface area (Å²) in [6.45, 7) is 3.75. The second-order valence-electron chi connectivity index (χ2n) is 17.1. The normalized spacial score (nSPS) is 20.1. The third-order valence-corrected chi connectivity index (χ3v) is 12.0. The summed E-state index contributed by atoms with van der Waals surface area (Å²) in [6, 6.07) is 0. The standard InChI is InChI=1S/C48H88O12S/c1-3-5-7-9-11-13-15-17-19-21-23-25-27-29-31-33-35-37-44(50)59-41(39-58-48-47(53)46(52)45(51)42(60-48)40-61(54,55)56)38-57-43(49)36-34-32-30-28-26-24-22-20-18-16-14-12-10-8-6-4-2/h11,13,17,19,41-42,45-48,51-53H,3-10,12,14-16,18,20-40H2,1-2H3,(H,54,55,56)/b13-11+,19-17+/t41-,42-,45-,46?,47?,48+/m1/s1. The topological polar surface area (TPSA) is 186 Å². The number of aliphatic hydroxyl groups is 3. The van der Waals surface area contributed by atoms with Gasteiger partial charge < -0.3 is 34.3 Å². The fourth-order valence-electron chi connectivity index (χ4n) is 7.47. The molecule has 13 heteroatoms. The maximum absolute atomic E-state index is 12.8. The van der Waals surface area contributed by atoms with E-state index in [2.05, 4.69) is 38.2 Å². The maximum atomic E-state index is 12.8. The molecule has 0 radical (unpaired) electrons. The lowest BCUT2D eigenvalue weighted by Gasteiger charge is -2.40. The molecule has 12 nitrogen and oxygen atoms in total. The average Bonchev–Trinajstić information content (AvgIpc) is 3.22. The quantitative estimate of drug-likeness (QED) is 0.0197. The number of hydrogen-bond acceptors (Lipinski definition) is 11. The lowest BCUT2D eigenvalue weighted by atomic mass is 10.00. The van der Waals surface area contributed by atoms with Gasteiger partial charge >= 0.3 is 11.9 Å². The molecule has 0 aromatic rings. The van der Waals surface area contributed by atoms with Crippen molar-refractivity contribution in [2.45, 2.75) is 250 Å². The largest absolute Gasteiger partial charge is 0.462 e. The van der Waals surface area contributed by atoms with Gasteiger partial charge in [0.2, 0.25) is 0 Å². The monoisotopic (exact) mass is 889 g/mol. The summed E-state index contributed by atoms with van der Waals surface area (Å²) in [4.78, 5) is 25.5. The van der Waals surface area contributed by atoms with E-state index >= 15 is 0 Å². The van der Waals surface area contributed by atoms with Gasteiger partial charge in [-0.15, -0.1) is 0 Å². The lowest BCUT2D eigenvalue weighted by Crippen LogP contribution is -2.60. The van der Waals surface area contributed by atoms with Crippen LogP contribution in [0.3, 0.4) is 0 Å². The Hall–Kier alpha value is -1.87. The molecule has 1 aliphatic rings. The summed E-state index contributed by atoms with van der Waals surface area (Å²) in [5.41, 5.74) is 0. The van der Waals surface area contributed by atoms with E-state index in [9.17, 15) is 37.9 Å². The van der Waals surface area contributed by atoms with Gasteiger partial charge in [0.15, 0.2) is 12.4 Å². The van der Waals surface area contributed by atoms with Gasteiger partial charge in [-0.05, 0) is 44.9 Å². The Balaban J connectivity index is 2.41. The molecule has 1 heterocycles. The number of carbonyl (C=O) groups is 2. The van der Waals surface area contributed by atoms with Crippen LogP contribution in [-0.2, 0) is 38.7 Å². The number of aliphatic hydroxyl groups excluding tert-OH is 3. The lowest BCUT2D eigenvalue weighted by molar-refractivity contribution is -0.297. The molecule has 6 atom stereocenters. The van der Waals surface area contributed by atoms with E-state index in [-0.39, 0.29) is 19.4 Å². The summed E-state index contributed by atoms with van der Waals surface area (Å²) in [5.74, 6) is -1.98. The molecule has 0 spiro atoms. The molecule has 1 rings (SSSR count). The van der Waals surface area contributed by atoms with Crippen molar-refractivity contribution in [1.82, 2.24) is 0 Å². The summed E-state index contributed by atoms with van der Waals surface area (Å²) in [5, 5.41) is 30.9. The van der Waals surface area contributed by atoms with Crippen molar-refractivity contribution in [1.29, 1.82) is 0 Å². The molecule has 4 N–H and O–H groups in total. The van der Waals surface area contributed by atoms with Crippen molar-refractivity contribution in [2.75, 3.05) is 19.0 Å². The fraction of sp³-hybridized carbons (Fsp3) is 0.875. The van der Waals surface area contributed by atoms with E-state index in [0.29, 0.717) is 12.8 Å². The van der Waals surface area contributed by atoms with E-state index in [1.807, 2.05) is 0 Å². The van der Waals surface area contributed by atoms with Crippen molar-refractivity contribution < 1.29 is 56.8 Å². The van der Waals surface area contributed by atoms with E-state index in [4.69, 9.17) is 18.9 Å². The Morgan fingerprint density at radius 1 is 0.557 bits per heavy atom. The molecule has 0 aromatic carbocycles. The van der Waals surface area contributed by atoms with Crippen LogP contribution in [-0.4, -0.2) is 96.0 Å². The summed E-state index contributed by atoms with van der Waals surface area (Å²) in [7, 11) is -4.60. The highest BCUT2D eigenvalue weighted by molar-refractivity contribution is 7.85. The van der Waals surface area contributed by atoms with Gasteiger partial charge in [0, 0.05) is 12.8 Å². The van der Waals surface area contributed by atoms with Crippen LogP contribution < -0.4 is 0 Å². The van der Waals surface area contributed by atoms with Crippen molar-refractivity contribution in [3.05, 3.63) is 24.3 Å². The number of esters is 2. The minimum Gasteiger partial charge on any atom is -0.462 e. The smallest absolute Gasteiger partial charge is 0.306 e. The molecule has 61 heavy (non-hydrogen) atoms. The minimum absolute atomic E-state index is 0.158. The van der Waals surface area contributed by atoms with Crippen molar-refractivity contribution in [3.8, 4) is 0 Å². The van der Waals surface area contributed by atoms with Crippen LogP contribution in [0.5, 0.6) is 0 Å². The zero-order chi connectivity index (χ0) is 44.8. The molecule has 1 saturated heterocycles. The Bertz CT molecular complexity index is 1220. The van der Waals surface area contributed by atoms with E-state index in [1.54, 1.807) is 0 Å². The van der Waals surface area contributed by atoms with Crippen molar-refractivity contribution in [2.24, 2.45) is 0 Å². The van der Waals surface area contributed by atoms with Gasteiger partial charge in [0.05, 0.1) is 6.61 Å². The first-order valence-corrected chi connectivity index (χ1v) is 26.0. The van der Waals surface area contributed by atoms with Crippen LogP contribution in [0.1, 0.15) is 213 Å². The van der Waals surface area contributed by atoms with Crippen LogP contribution >= 0.6 is 0 Å². The van der Waals surface area contributed by atoms with Gasteiger partial charge in [-0.2, -0.15) is 8.42 Å². The number of ether oxygens (including phenoxy) is 4. The minimum atomic E-state index is -4.60. The highest BCUT2D eigenvalue weighted by atomic mass is 32.2. The van der Waals surface area contributed by atoms with Gasteiger partial charge in [-0.3, -0.25) is 14.1 Å². The van der Waals surface area contributed by atoms with Crippen molar-refractivity contribution in [3.63, 3.8) is 0 Å². The first kappa shape index (κ1) is 57.1. The highest BCUT2D eigenvalue weighted by Crippen LogP contribution is 2.24. The first-order chi connectivity index (χ1) is 29.5. The molecular formula is C48H88O12S. The van der Waals surface area contributed by atoms with E-state index < -0.39 is 71.2 Å². The third kappa shape index (κ3) is 33.3. The Morgan fingerprint density at radius 2 is 0.984 bits per heavy atom. The number of rotatable bonds is 41. The second-order valence-corrected chi connectivity index (χ2v) is 18.6. The molecular weight excluding hydrogens is 801 g/mol. The Morgan fingerprint density at radius 3 is 1.48 bits per heavy atom. The molecule has 0 aliphatic carbocycles. The zero-order valence-corrected chi connectivity index (χ0v) is 39.1. The van der Waals surface area contributed by atoms with Crippen LogP contribution in [0.15, 0.2) is 24.3 Å². The van der Waals surface area contributed by atoms with Gasteiger partial charge in [-0.1, -0.05) is 179 Å². The SMILES string of the molecule is CCCCC/C=C/C/C=C/CCCCCCCCCC(=O)O[C@H](COC(=O)CCCCCCCCCCCCCCCCCC)CO[C@H]1O[C@H](CS(=O)(=O)O)[C@@H](O)C(O)C1O.